The lowest BCUT2D eigenvalue weighted by molar-refractivity contribution is -0.193. The van der Waals surface area contributed by atoms with E-state index in [1.165, 1.54) is 0 Å². The van der Waals surface area contributed by atoms with E-state index in [-0.39, 0.29) is 48.1 Å². The number of fused-ring (bicyclic) bond motifs is 1. The van der Waals surface area contributed by atoms with Crippen molar-refractivity contribution in [2.75, 3.05) is 76.5 Å². The summed E-state index contributed by atoms with van der Waals surface area (Å²) in [6.07, 6.45) is -7.25. The van der Waals surface area contributed by atoms with Crippen LogP contribution < -0.4 is 43.2 Å². The van der Waals surface area contributed by atoms with Gasteiger partial charge in [0.25, 0.3) is 23.6 Å². The van der Waals surface area contributed by atoms with Gasteiger partial charge in [0.1, 0.15) is 5.75 Å². The molecular formula is C45H55F6N9O13. The van der Waals surface area contributed by atoms with Crippen molar-refractivity contribution in [2.24, 2.45) is 22.2 Å². The summed E-state index contributed by atoms with van der Waals surface area (Å²) in [6.45, 7) is 3.40. The summed E-state index contributed by atoms with van der Waals surface area (Å²) in [5.74, 6) is -6.24. The second-order valence-electron chi connectivity index (χ2n) is 15.5. The molecule has 73 heavy (non-hydrogen) atoms. The van der Waals surface area contributed by atoms with Crippen molar-refractivity contribution in [1.29, 1.82) is 0 Å². The molecule has 1 saturated carbocycles. The summed E-state index contributed by atoms with van der Waals surface area (Å²) in [4.78, 5) is 86.1. The minimum atomic E-state index is -5.08. The molecule has 1 atom stereocenters. The molecule has 1 fully saturated rings. The Bertz CT molecular complexity index is 2330. The van der Waals surface area contributed by atoms with Crippen molar-refractivity contribution in [3.8, 4) is 5.75 Å². The molecule has 0 spiro atoms. The number of carboxylic acids is 2. The maximum absolute atomic E-state index is 13.5. The average molecular weight is 1040 g/mol. The number of rotatable bonds is 24. The third-order valence-electron chi connectivity index (χ3n) is 9.69. The average Bonchev–Trinajstić information content (AvgIpc) is 4.19. The van der Waals surface area contributed by atoms with Crippen molar-refractivity contribution in [3.05, 3.63) is 89.0 Å². The molecule has 1 aliphatic heterocycles. The summed E-state index contributed by atoms with van der Waals surface area (Å²) in [5, 5.41) is 25.4. The van der Waals surface area contributed by atoms with Gasteiger partial charge in [-0.05, 0) is 85.8 Å². The van der Waals surface area contributed by atoms with E-state index < -0.39 is 30.3 Å². The Hall–Kier alpha value is -7.56. The number of nitrogens with one attached hydrogen (secondary N) is 4. The second kappa shape index (κ2) is 29.7. The SMILES string of the molecule is NC(N)=NCCC[C@H](N)C(=O)NCCOCCOCCOCCNC(=O)c1ccc(NC(=O)c2ccc(CN(C(=O)c3ccc4c(c3)OCC(=O)N4)C3CC3)cc2)cc1.O=C(O)C(F)(F)F.O=C(O)C(F)(F)F. The molecule has 5 amide bonds. The number of nitrogens with zero attached hydrogens (tertiary/aromatic N) is 2. The fourth-order valence-corrected chi connectivity index (χ4v) is 5.90. The number of benzene rings is 3. The lowest BCUT2D eigenvalue weighted by Gasteiger charge is -2.24. The van der Waals surface area contributed by atoms with Crippen LogP contribution in [0.3, 0.4) is 0 Å². The molecule has 22 nitrogen and oxygen atoms in total. The smallest absolute Gasteiger partial charge is 0.482 e. The molecular weight excluding hydrogens is 989 g/mol. The number of aliphatic carboxylic acids is 2. The fraction of sp³-hybridized carbons (Fsp3) is 0.422. The van der Waals surface area contributed by atoms with E-state index in [0.29, 0.717) is 112 Å². The maximum atomic E-state index is 13.5. The fourth-order valence-electron chi connectivity index (χ4n) is 5.90. The number of halogens is 6. The van der Waals surface area contributed by atoms with Gasteiger partial charge in [-0.2, -0.15) is 26.3 Å². The van der Waals surface area contributed by atoms with Gasteiger partial charge in [0.2, 0.25) is 5.91 Å². The molecule has 5 rings (SSSR count). The van der Waals surface area contributed by atoms with Crippen LogP contribution in [0.15, 0.2) is 71.7 Å². The van der Waals surface area contributed by atoms with Crippen LogP contribution in [-0.2, 0) is 39.9 Å². The predicted octanol–water partition coefficient (Wildman–Crippen LogP) is 2.62. The number of ether oxygens (including phenoxy) is 4. The number of aliphatic imine (C=N–C) groups is 1. The summed E-state index contributed by atoms with van der Waals surface area (Å²) in [5.41, 5.74) is 19.7. The van der Waals surface area contributed by atoms with Gasteiger partial charge in [0, 0.05) is 54.6 Å². The Morgan fingerprint density at radius 1 is 0.753 bits per heavy atom. The third kappa shape index (κ3) is 23.0. The van der Waals surface area contributed by atoms with Crippen molar-refractivity contribution < 1.29 is 89.1 Å². The van der Waals surface area contributed by atoms with E-state index in [9.17, 15) is 50.3 Å². The number of nitrogens with two attached hydrogens (primary N) is 3. The monoisotopic (exact) mass is 1040 g/mol. The molecule has 0 unspecified atom stereocenters. The Morgan fingerprint density at radius 3 is 1.79 bits per heavy atom. The third-order valence-corrected chi connectivity index (χ3v) is 9.69. The minimum Gasteiger partial charge on any atom is -0.482 e. The number of guanidine groups is 1. The standard InChI is InChI=1S/C41H53N9O9.2C2HF3O2/c42-33(2-1-15-47-41(43)44)39(54)46-17-19-57-21-23-58-22-20-56-18-16-45-37(52)28-7-10-31(11-8-28)48-38(53)29-5-3-27(4-6-29)25-50(32-12-13-32)40(55)30-9-14-34-35(24-30)59-26-36(51)49-34;2*3-2(4,5)1(6)7/h3-11,14,24,32-33H,1-2,12-13,15-23,25-26,42H2,(H,45,52)(H,46,54)(H,48,53)(H,49,51)(H4,43,44,47);2*(H,6,7)/t33-;;/m0../s1. The van der Waals surface area contributed by atoms with E-state index in [4.69, 9.17) is 56.0 Å². The number of carboxylic acid groups (broad SMARTS) is 2. The molecule has 3 aromatic carbocycles. The number of carbonyl (C=O) groups is 7. The minimum absolute atomic E-state index is 0.0103. The Balaban J connectivity index is 0.000000878. The van der Waals surface area contributed by atoms with Gasteiger partial charge < -0.3 is 72.5 Å². The lowest BCUT2D eigenvalue weighted by Crippen LogP contribution is -2.42. The summed E-state index contributed by atoms with van der Waals surface area (Å²) < 4.78 is 85.4. The zero-order chi connectivity index (χ0) is 54.1. The van der Waals surface area contributed by atoms with Gasteiger partial charge in [-0.1, -0.05) is 12.1 Å². The molecule has 400 valence electrons. The van der Waals surface area contributed by atoms with E-state index >= 15 is 0 Å². The first-order chi connectivity index (χ1) is 34.5. The van der Waals surface area contributed by atoms with Gasteiger partial charge in [-0.3, -0.25) is 29.0 Å². The maximum Gasteiger partial charge on any atom is 0.490 e. The molecule has 0 radical (unpaired) electrons. The number of alkyl halides is 6. The zero-order valence-corrected chi connectivity index (χ0v) is 38.9. The van der Waals surface area contributed by atoms with Gasteiger partial charge in [-0.15, -0.1) is 0 Å². The molecule has 12 N–H and O–H groups in total. The molecule has 2 aliphatic rings. The van der Waals surface area contributed by atoms with Crippen LogP contribution in [0.1, 0.15) is 62.3 Å². The van der Waals surface area contributed by atoms with Crippen LogP contribution >= 0.6 is 0 Å². The van der Waals surface area contributed by atoms with Gasteiger partial charge >= 0.3 is 24.3 Å². The van der Waals surface area contributed by atoms with Crippen molar-refractivity contribution >= 4 is 58.8 Å². The van der Waals surface area contributed by atoms with Crippen molar-refractivity contribution in [1.82, 2.24) is 15.5 Å². The van der Waals surface area contributed by atoms with E-state index in [2.05, 4.69) is 26.3 Å². The zero-order valence-electron chi connectivity index (χ0n) is 38.9. The quantitative estimate of drug-likeness (QED) is 0.0269. The summed E-state index contributed by atoms with van der Waals surface area (Å²) in [7, 11) is 0. The first-order valence-corrected chi connectivity index (χ1v) is 22.0. The number of carbonyl (C=O) groups excluding carboxylic acids is 5. The van der Waals surface area contributed by atoms with E-state index in [0.717, 1.165) is 18.4 Å². The van der Waals surface area contributed by atoms with Crippen LogP contribution in [0.25, 0.3) is 0 Å². The Morgan fingerprint density at radius 2 is 1.26 bits per heavy atom. The van der Waals surface area contributed by atoms with Gasteiger partial charge in [-0.25, -0.2) is 9.59 Å². The molecule has 3 aromatic rings. The number of anilines is 2. The van der Waals surface area contributed by atoms with E-state index in [1.54, 1.807) is 54.6 Å². The molecule has 1 heterocycles. The molecule has 0 aromatic heterocycles. The second-order valence-corrected chi connectivity index (χ2v) is 15.5. The highest BCUT2D eigenvalue weighted by molar-refractivity contribution is 6.04. The van der Waals surface area contributed by atoms with Gasteiger partial charge in [0.15, 0.2) is 12.6 Å². The highest BCUT2D eigenvalue weighted by Gasteiger charge is 2.39. The number of hydrogen-bond donors (Lipinski definition) is 9. The summed E-state index contributed by atoms with van der Waals surface area (Å²) in [6, 6.07) is 18.2. The first kappa shape index (κ1) is 59.7. The predicted molar refractivity (Wildman–Crippen MR) is 247 cm³/mol. The number of hydrogen-bond acceptors (Lipinski definition) is 13. The van der Waals surface area contributed by atoms with Crippen LogP contribution in [0.4, 0.5) is 37.7 Å². The molecule has 28 heteroatoms. The van der Waals surface area contributed by atoms with Crippen LogP contribution in [0.2, 0.25) is 0 Å². The highest BCUT2D eigenvalue weighted by Crippen LogP contribution is 2.33. The van der Waals surface area contributed by atoms with Crippen LogP contribution in [0, 0.1) is 0 Å². The molecule has 1 aliphatic carbocycles. The number of amides is 5. The first-order valence-electron chi connectivity index (χ1n) is 22.0. The highest BCUT2D eigenvalue weighted by atomic mass is 19.4. The normalized spacial score (nSPS) is 13.1. The topological polar surface area (TPSA) is 339 Å². The van der Waals surface area contributed by atoms with Gasteiger partial charge in [0.05, 0.1) is 51.4 Å². The Kier molecular flexibility index (Phi) is 24.3. The van der Waals surface area contributed by atoms with Crippen molar-refractivity contribution in [2.45, 2.75) is 56.7 Å². The molecule has 0 bridgehead atoms. The summed E-state index contributed by atoms with van der Waals surface area (Å²) >= 11 is 0. The van der Waals surface area contributed by atoms with Crippen LogP contribution in [-0.4, -0.2) is 153 Å². The van der Waals surface area contributed by atoms with E-state index in [1.807, 2.05) is 17.0 Å². The Labute approximate surface area is 412 Å². The largest absolute Gasteiger partial charge is 0.490 e. The lowest BCUT2D eigenvalue weighted by atomic mass is 10.1. The molecule has 0 saturated heterocycles. The van der Waals surface area contributed by atoms with Crippen molar-refractivity contribution in [3.63, 3.8) is 0 Å². The van der Waals surface area contributed by atoms with Crippen LogP contribution in [0.5, 0.6) is 5.75 Å².